The molecule has 2 fully saturated rings. The summed E-state index contributed by atoms with van der Waals surface area (Å²) < 4.78 is 14.9. The van der Waals surface area contributed by atoms with Crippen LogP contribution in [0.3, 0.4) is 0 Å². The van der Waals surface area contributed by atoms with Crippen LogP contribution in [0.4, 0.5) is 9.59 Å². The fourth-order valence-electron chi connectivity index (χ4n) is 11.0. The summed E-state index contributed by atoms with van der Waals surface area (Å²) in [5, 5.41) is 17.5. The second kappa shape index (κ2) is 23.8. The topological polar surface area (TPSA) is 196 Å². The summed E-state index contributed by atoms with van der Waals surface area (Å²) in [7, 11) is 3.75. The van der Waals surface area contributed by atoms with Crippen LogP contribution in [0.15, 0.2) is 103 Å². The van der Waals surface area contributed by atoms with Gasteiger partial charge in [-0.3, -0.25) is 19.8 Å². The van der Waals surface area contributed by atoms with Crippen molar-refractivity contribution >= 4 is 58.7 Å². The Hall–Kier alpha value is -5.61. The molecule has 0 bridgehead atoms. The SMILES string of the molecule is Cn1cncc1C(C)(N=[N+]=[N-])C1=Cc2cccnc2C(N2CCN(C(=O)OC(C)(C)C)CC2)c2ccc(Cl)cc21.Cn1cncc1C(C)(O)C1=Cc2cccnc2C(N2CCN(C(=O)OC(C)(C)C)CC2)c2ccc(Cl)cc21.[Ac]. The molecule has 18 nitrogen and oxygen atoms in total. The van der Waals surface area contributed by atoms with E-state index in [0.717, 1.165) is 61.6 Å². The molecule has 2 amide bonds. The van der Waals surface area contributed by atoms with E-state index in [9.17, 15) is 20.2 Å². The first-order valence-electron chi connectivity index (χ1n) is 26.1. The molecule has 79 heavy (non-hydrogen) atoms. The molecule has 21 heteroatoms. The second-order valence-electron chi connectivity index (χ2n) is 22.5. The number of benzene rings is 2. The van der Waals surface area contributed by atoms with Crippen LogP contribution in [0.2, 0.25) is 10.0 Å². The summed E-state index contributed by atoms with van der Waals surface area (Å²) in [6.07, 6.45) is 13.9. The fourth-order valence-corrected chi connectivity index (χ4v) is 11.3. The van der Waals surface area contributed by atoms with Crippen molar-refractivity contribution in [3.05, 3.63) is 175 Å². The van der Waals surface area contributed by atoms with Gasteiger partial charge in [0.25, 0.3) is 0 Å². The minimum absolute atomic E-state index is 0. The normalized spacial score (nSPS) is 19.0. The van der Waals surface area contributed by atoms with Crippen LogP contribution in [0.5, 0.6) is 0 Å². The smallest absolute Gasteiger partial charge is 0.410 e. The first-order chi connectivity index (χ1) is 37.0. The number of hydrogen-bond acceptors (Lipinski definition) is 12. The van der Waals surface area contributed by atoms with E-state index in [4.69, 9.17) is 42.6 Å². The molecule has 10 rings (SSSR count). The van der Waals surface area contributed by atoms with Crippen LogP contribution in [0.25, 0.3) is 33.7 Å². The van der Waals surface area contributed by atoms with Crippen molar-refractivity contribution in [2.24, 2.45) is 19.2 Å². The number of ether oxygens (including phenoxy) is 2. The molecule has 4 aromatic heterocycles. The van der Waals surface area contributed by atoms with Crippen molar-refractivity contribution in [3.8, 4) is 0 Å². The number of halogens is 2. The van der Waals surface area contributed by atoms with Gasteiger partial charge in [-0.1, -0.05) is 52.6 Å². The Kier molecular flexibility index (Phi) is 18.0. The van der Waals surface area contributed by atoms with Crippen molar-refractivity contribution in [2.75, 3.05) is 52.4 Å². The van der Waals surface area contributed by atoms with Gasteiger partial charge in [-0.05, 0) is 154 Å². The average molecular weight is 1320 g/mol. The molecule has 0 spiro atoms. The molecule has 6 aromatic rings. The summed E-state index contributed by atoms with van der Waals surface area (Å²) in [6.45, 7) is 19.6. The molecule has 4 unspecified atom stereocenters. The van der Waals surface area contributed by atoms with Crippen LogP contribution < -0.4 is 0 Å². The number of carbonyl (C=O) groups is 2. The number of imidazole rings is 2. The Balaban J connectivity index is 0.000000206. The molecule has 2 aliphatic carbocycles. The summed E-state index contributed by atoms with van der Waals surface area (Å²) in [4.78, 5) is 55.1. The summed E-state index contributed by atoms with van der Waals surface area (Å²) in [6, 6.07) is 19.1. The predicted molar refractivity (Wildman–Crippen MR) is 302 cm³/mol. The molecular weight excluding hydrogens is 1260 g/mol. The number of aromatic nitrogens is 6. The molecule has 2 aromatic carbocycles. The van der Waals surface area contributed by atoms with E-state index in [1.54, 1.807) is 54.2 Å². The van der Waals surface area contributed by atoms with Gasteiger partial charge in [0, 0.05) is 144 Å². The minimum Gasteiger partial charge on any atom is -0.444 e. The van der Waals surface area contributed by atoms with Crippen molar-refractivity contribution in [3.63, 3.8) is 0 Å². The fraction of sp³-hybridized carbons (Fsp3) is 0.414. The van der Waals surface area contributed by atoms with Gasteiger partial charge in [-0.2, -0.15) is 0 Å². The molecule has 2 saturated heterocycles. The van der Waals surface area contributed by atoms with Crippen molar-refractivity contribution < 1.29 is 68.2 Å². The van der Waals surface area contributed by atoms with Gasteiger partial charge in [-0.15, -0.1) is 0 Å². The molecule has 1 radical (unpaired) electrons. The number of aryl methyl sites for hydroxylation is 2. The van der Waals surface area contributed by atoms with Crippen LogP contribution in [0, 0.1) is 44.1 Å². The van der Waals surface area contributed by atoms with Crippen LogP contribution in [-0.2, 0) is 34.7 Å². The summed E-state index contributed by atoms with van der Waals surface area (Å²) in [5.41, 5.74) is 16.5. The Morgan fingerprint density at radius 3 is 1.47 bits per heavy atom. The van der Waals surface area contributed by atoms with E-state index in [-0.39, 0.29) is 68.3 Å². The van der Waals surface area contributed by atoms with E-state index in [0.29, 0.717) is 68.1 Å². The van der Waals surface area contributed by atoms with Gasteiger partial charge in [0.2, 0.25) is 0 Å². The van der Waals surface area contributed by atoms with Crippen molar-refractivity contribution in [1.29, 1.82) is 0 Å². The first kappa shape index (κ1) is 59.5. The maximum atomic E-state index is 12.7. The van der Waals surface area contributed by atoms with Crippen molar-refractivity contribution in [1.82, 2.24) is 48.7 Å². The third-order valence-electron chi connectivity index (χ3n) is 14.6. The summed E-state index contributed by atoms with van der Waals surface area (Å²) in [5.74, 6) is 0. The molecule has 1 N–H and O–H groups in total. The number of amides is 2. The molecule has 2 aliphatic heterocycles. The number of azide groups is 1. The molecule has 4 atom stereocenters. The number of nitrogens with zero attached hydrogens (tertiary/aromatic N) is 13. The van der Waals surface area contributed by atoms with Gasteiger partial charge in [-0.25, -0.2) is 19.6 Å². The summed E-state index contributed by atoms with van der Waals surface area (Å²) >= 11 is 13.1. The number of pyridine rings is 2. The molecule has 6 heterocycles. The van der Waals surface area contributed by atoms with E-state index < -0.39 is 22.3 Å². The largest absolute Gasteiger partial charge is 0.444 e. The van der Waals surface area contributed by atoms with E-state index in [2.05, 4.69) is 35.9 Å². The third kappa shape index (κ3) is 12.6. The standard InChI is InChI=1S/C29H33ClN8O2.C29H34ClN5O3.Ac/c1-28(2,3)40-27(39)38-13-11-37(12-14-38)26-21-9-8-20(30)16-22(21)23(15-19-7-6-10-33-25(19)26)29(4,34-35-31)24-17-32-18-36(24)5;1-28(2,3)38-27(36)35-13-11-34(12-14-35)26-21-9-8-20(30)16-22(21)23(15-19-7-6-10-32-25(19)26)29(4,37)24-17-31-18-33(24)5;/h6-10,15-18,26H,11-14H2,1-5H3;6-10,15-18,26,37H,11-14H2,1-5H3;. The zero-order chi connectivity index (χ0) is 55.9. The number of hydrogen-bond donors (Lipinski definition) is 1. The van der Waals surface area contributed by atoms with Crippen LogP contribution in [-0.4, -0.2) is 130 Å². The van der Waals surface area contributed by atoms with Gasteiger partial charge < -0.3 is 33.5 Å². The monoisotopic (exact) mass is 1320 g/mol. The number of carbonyl (C=O) groups excluding carboxylic acids is 2. The number of piperazine rings is 2. The molecule has 0 saturated carbocycles. The number of aliphatic hydroxyl groups is 1. The molecule has 4 aliphatic rings. The minimum atomic E-state index is -1.35. The van der Waals surface area contributed by atoms with E-state index in [1.165, 1.54) is 0 Å². The van der Waals surface area contributed by atoms with Gasteiger partial charge in [0.1, 0.15) is 22.3 Å². The predicted octanol–water partition coefficient (Wildman–Crippen LogP) is 11.1. The molecular formula is C58H67AcCl2N13O5. The maximum absolute atomic E-state index is 12.7. The van der Waals surface area contributed by atoms with Gasteiger partial charge in [0.05, 0.1) is 53.7 Å². The second-order valence-corrected chi connectivity index (χ2v) is 23.3. The zero-order valence-corrected chi connectivity index (χ0v) is 52.7. The Morgan fingerprint density at radius 1 is 0.646 bits per heavy atom. The number of fused-ring (bicyclic) bond motifs is 4. The Morgan fingerprint density at radius 2 is 1.06 bits per heavy atom. The first-order valence-corrected chi connectivity index (χ1v) is 26.8. The zero-order valence-electron chi connectivity index (χ0n) is 46.4. The quantitative estimate of drug-likeness (QED) is 0.0907. The molecule has 411 valence electrons. The number of rotatable bonds is 7. The van der Waals surface area contributed by atoms with Crippen LogP contribution in [0.1, 0.15) is 124 Å². The van der Waals surface area contributed by atoms with E-state index in [1.807, 2.05) is 138 Å². The maximum Gasteiger partial charge on any atom is 0.410 e. The third-order valence-corrected chi connectivity index (χ3v) is 15.1. The van der Waals surface area contributed by atoms with Crippen LogP contribution >= 0.6 is 23.2 Å². The van der Waals surface area contributed by atoms with E-state index >= 15 is 0 Å². The Labute approximate surface area is 507 Å². The Bertz CT molecular complexity index is 3340. The van der Waals surface area contributed by atoms with Gasteiger partial charge in [0.15, 0.2) is 0 Å². The average Bonchev–Trinajstić information content (AvgIpc) is 3.97. The van der Waals surface area contributed by atoms with Crippen molar-refractivity contribution in [2.45, 2.75) is 89.8 Å². The van der Waals surface area contributed by atoms with Gasteiger partial charge >= 0.3 is 12.2 Å².